The maximum atomic E-state index is 12.8. The third-order valence-corrected chi connectivity index (χ3v) is 6.38. The Morgan fingerprint density at radius 2 is 1.85 bits per heavy atom. The lowest BCUT2D eigenvalue weighted by Gasteiger charge is -2.17. The molecule has 33 heavy (non-hydrogen) atoms. The Morgan fingerprint density at radius 3 is 2.61 bits per heavy atom. The third-order valence-electron chi connectivity index (χ3n) is 6.38. The van der Waals surface area contributed by atoms with Crippen molar-refractivity contribution in [3.05, 3.63) is 83.5 Å². The molecule has 4 rings (SSSR count). The number of rotatable bonds is 7. The number of carbonyl (C=O) groups excluding carboxylic acids is 1. The van der Waals surface area contributed by atoms with Gasteiger partial charge in [0.05, 0.1) is 31.1 Å². The topological polar surface area (TPSA) is 64.1 Å². The first kappa shape index (κ1) is 23.0. The van der Waals surface area contributed by atoms with Crippen molar-refractivity contribution in [2.75, 3.05) is 12.4 Å². The zero-order valence-electron chi connectivity index (χ0n) is 19.4. The Kier molecular flexibility index (Phi) is 8.07. The highest BCUT2D eigenvalue weighted by Crippen LogP contribution is 2.29. The molecule has 5 nitrogen and oxygen atoms in total. The van der Waals surface area contributed by atoms with Gasteiger partial charge in [0.15, 0.2) is 5.82 Å². The van der Waals surface area contributed by atoms with Gasteiger partial charge in [-0.1, -0.05) is 74.9 Å². The fourth-order valence-electron chi connectivity index (χ4n) is 4.56. The first-order chi connectivity index (χ1) is 16.2. The van der Waals surface area contributed by atoms with Gasteiger partial charge in [-0.25, -0.2) is 9.97 Å². The molecular formula is C28H33N3O2. The summed E-state index contributed by atoms with van der Waals surface area (Å²) < 4.78 is 5.36. The van der Waals surface area contributed by atoms with Gasteiger partial charge in [-0.05, 0) is 48.1 Å². The number of ether oxygens (including phenoxy) is 1. The Morgan fingerprint density at radius 1 is 1.06 bits per heavy atom. The lowest BCUT2D eigenvalue weighted by molar-refractivity contribution is -0.115. The van der Waals surface area contributed by atoms with E-state index in [1.807, 2.05) is 48.6 Å². The van der Waals surface area contributed by atoms with Gasteiger partial charge in [0.1, 0.15) is 5.76 Å². The number of hydrogen-bond acceptors (Lipinski definition) is 4. The largest absolute Gasteiger partial charge is 0.497 e. The summed E-state index contributed by atoms with van der Waals surface area (Å²) in [5.41, 5.74) is 3.73. The number of amides is 1. The van der Waals surface area contributed by atoms with E-state index in [2.05, 4.69) is 16.4 Å². The zero-order valence-corrected chi connectivity index (χ0v) is 19.4. The van der Waals surface area contributed by atoms with Crippen LogP contribution in [0.5, 0.6) is 0 Å². The molecule has 0 bridgehead atoms. The molecule has 1 aromatic carbocycles. The fourth-order valence-corrected chi connectivity index (χ4v) is 4.56. The second-order valence-corrected chi connectivity index (χ2v) is 8.86. The van der Waals surface area contributed by atoms with Gasteiger partial charge < -0.3 is 10.1 Å². The molecule has 0 saturated heterocycles. The van der Waals surface area contributed by atoms with Crippen LogP contribution in [0.15, 0.2) is 66.6 Å². The normalized spacial score (nSPS) is 16.9. The van der Waals surface area contributed by atoms with Gasteiger partial charge in [0.25, 0.3) is 0 Å². The van der Waals surface area contributed by atoms with Crippen molar-refractivity contribution in [3.63, 3.8) is 0 Å². The molecule has 0 aliphatic heterocycles. The van der Waals surface area contributed by atoms with Crippen LogP contribution in [0, 0.1) is 5.92 Å². The fraction of sp³-hybridized carbons (Fsp3) is 0.393. The van der Waals surface area contributed by atoms with Crippen molar-refractivity contribution >= 4 is 17.3 Å². The minimum atomic E-state index is -0.0621. The van der Waals surface area contributed by atoms with E-state index in [-0.39, 0.29) is 5.91 Å². The molecule has 1 amide bonds. The van der Waals surface area contributed by atoms with Gasteiger partial charge in [-0.2, -0.15) is 0 Å². The van der Waals surface area contributed by atoms with Crippen LogP contribution in [0.25, 0.3) is 5.57 Å². The van der Waals surface area contributed by atoms with Crippen LogP contribution in [0.1, 0.15) is 61.9 Å². The van der Waals surface area contributed by atoms with Crippen LogP contribution in [-0.4, -0.2) is 23.0 Å². The minimum Gasteiger partial charge on any atom is -0.497 e. The van der Waals surface area contributed by atoms with Gasteiger partial charge in [0.2, 0.25) is 5.91 Å². The smallest absolute Gasteiger partial charge is 0.229 e. The monoisotopic (exact) mass is 443 g/mol. The van der Waals surface area contributed by atoms with E-state index in [1.165, 1.54) is 38.5 Å². The minimum absolute atomic E-state index is 0.0621. The summed E-state index contributed by atoms with van der Waals surface area (Å²) in [6.45, 7) is 0. The van der Waals surface area contributed by atoms with E-state index in [0.29, 0.717) is 18.2 Å². The summed E-state index contributed by atoms with van der Waals surface area (Å²) in [4.78, 5) is 22.5. The molecule has 5 heteroatoms. The summed E-state index contributed by atoms with van der Waals surface area (Å²) in [5.74, 6) is 1.96. The molecule has 1 aromatic heterocycles. The van der Waals surface area contributed by atoms with Crippen LogP contribution < -0.4 is 5.32 Å². The average molecular weight is 444 g/mol. The van der Waals surface area contributed by atoms with Gasteiger partial charge in [0, 0.05) is 0 Å². The van der Waals surface area contributed by atoms with E-state index < -0.39 is 0 Å². The summed E-state index contributed by atoms with van der Waals surface area (Å²) in [5, 5.41) is 3.04. The van der Waals surface area contributed by atoms with Crippen LogP contribution in [0.4, 0.5) is 5.82 Å². The molecule has 1 heterocycles. The molecule has 2 aliphatic carbocycles. The van der Waals surface area contributed by atoms with Crippen molar-refractivity contribution < 1.29 is 9.53 Å². The number of allylic oxidation sites excluding steroid dienone is 5. The van der Waals surface area contributed by atoms with Gasteiger partial charge >= 0.3 is 0 Å². The van der Waals surface area contributed by atoms with E-state index in [0.717, 1.165) is 41.1 Å². The van der Waals surface area contributed by atoms with Gasteiger partial charge in [-0.15, -0.1) is 0 Å². The van der Waals surface area contributed by atoms with Crippen LogP contribution in [-0.2, 0) is 22.4 Å². The predicted molar refractivity (Wildman–Crippen MR) is 133 cm³/mol. The summed E-state index contributed by atoms with van der Waals surface area (Å²) in [6, 6.07) is 9.79. The number of methoxy groups -OCH3 is 1. The molecular weight excluding hydrogens is 410 g/mol. The van der Waals surface area contributed by atoms with Crippen LogP contribution in [0.2, 0.25) is 0 Å². The molecule has 2 aliphatic rings. The van der Waals surface area contributed by atoms with E-state index in [4.69, 9.17) is 9.72 Å². The zero-order chi connectivity index (χ0) is 22.9. The highest BCUT2D eigenvalue weighted by molar-refractivity contribution is 5.92. The van der Waals surface area contributed by atoms with Crippen molar-refractivity contribution in [2.24, 2.45) is 5.92 Å². The number of aromatic nitrogens is 2. The number of nitrogens with zero attached hydrogens (tertiary/aromatic N) is 2. The van der Waals surface area contributed by atoms with Gasteiger partial charge in [-0.3, -0.25) is 4.79 Å². The van der Waals surface area contributed by atoms with E-state index in [1.54, 1.807) is 13.3 Å². The molecule has 0 atom stereocenters. The highest BCUT2D eigenvalue weighted by Gasteiger charge is 2.19. The molecule has 1 fully saturated rings. The molecule has 0 radical (unpaired) electrons. The molecule has 1 saturated carbocycles. The second-order valence-electron chi connectivity index (χ2n) is 8.86. The maximum Gasteiger partial charge on any atom is 0.229 e. The van der Waals surface area contributed by atoms with Crippen LogP contribution in [0.3, 0.4) is 0 Å². The molecule has 1 N–H and O–H groups in total. The number of carbonyl (C=O) groups is 1. The molecule has 0 unspecified atom stereocenters. The third kappa shape index (κ3) is 6.64. The summed E-state index contributed by atoms with van der Waals surface area (Å²) >= 11 is 0. The SMILES string of the molecule is COC1=CCC=C(c2cnc(NC(=O)Cc3ccccc3)c(CC3CCCCCC3)n2)C=C1. The number of anilines is 1. The lowest BCUT2D eigenvalue weighted by atomic mass is 9.94. The van der Waals surface area contributed by atoms with Crippen LogP contribution >= 0.6 is 0 Å². The van der Waals surface area contributed by atoms with E-state index >= 15 is 0 Å². The van der Waals surface area contributed by atoms with E-state index in [9.17, 15) is 4.79 Å². The molecule has 0 spiro atoms. The Balaban J connectivity index is 1.56. The Hall–Kier alpha value is -3.21. The first-order valence-corrected chi connectivity index (χ1v) is 12.0. The quantitative estimate of drug-likeness (QED) is 0.530. The number of nitrogens with one attached hydrogen (secondary N) is 1. The summed E-state index contributed by atoms with van der Waals surface area (Å²) in [6.07, 6.45) is 19.5. The molecule has 2 aromatic rings. The highest BCUT2D eigenvalue weighted by atomic mass is 16.5. The predicted octanol–water partition coefficient (Wildman–Crippen LogP) is 6.04. The standard InChI is InChI=1S/C28H33N3O2/c1-33-24-15-9-14-23(16-17-24)26-20-29-28(31-27(32)19-22-12-7-4-8-13-22)25(30-26)18-21-10-5-2-3-6-11-21/h4,7-8,12-17,20-21H,2-3,5-6,9-11,18-19H2,1H3,(H,29,31,32). The second kappa shape index (κ2) is 11.6. The average Bonchev–Trinajstić information content (AvgIpc) is 3.24. The van der Waals surface area contributed by atoms with Crippen molar-refractivity contribution in [1.82, 2.24) is 9.97 Å². The summed E-state index contributed by atoms with van der Waals surface area (Å²) in [7, 11) is 1.68. The maximum absolute atomic E-state index is 12.8. The lowest BCUT2D eigenvalue weighted by Crippen LogP contribution is -2.19. The molecule has 172 valence electrons. The number of benzene rings is 1. The Labute approximate surface area is 196 Å². The Bertz CT molecular complexity index is 1030. The van der Waals surface area contributed by atoms with Crippen molar-refractivity contribution in [1.29, 1.82) is 0 Å². The van der Waals surface area contributed by atoms with Crippen molar-refractivity contribution in [3.8, 4) is 0 Å². The first-order valence-electron chi connectivity index (χ1n) is 12.0. The number of hydrogen-bond donors (Lipinski definition) is 1. The van der Waals surface area contributed by atoms with Crippen molar-refractivity contribution in [2.45, 2.75) is 57.8 Å².